The minimum atomic E-state index is 0.154. The Morgan fingerprint density at radius 3 is 1.29 bits per heavy atom. The normalized spacial score (nSPS) is 25.8. The van der Waals surface area contributed by atoms with E-state index in [1.165, 1.54) is 22.3 Å². The summed E-state index contributed by atoms with van der Waals surface area (Å²) < 4.78 is 0. The number of hydrogen-bond donors (Lipinski definition) is 0. The molecule has 0 N–H and O–H groups in total. The van der Waals surface area contributed by atoms with E-state index in [1.807, 2.05) is 0 Å². The van der Waals surface area contributed by atoms with Crippen molar-refractivity contribution in [3.05, 3.63) is 91.7 Å². The maximum atomic E-state index is 8.80. The van der Waals surface area contributed by atoms with Gasteiger partial charge in [0.1, 0.15) is 0 Å². The van der Waals surface area contributed by atoms with Crippen molar-refractivity contribution in [2.24, 2.45) is 22.1 Å². The van der Waals surface area contributed by atoms with Crippen LogP contribution >= 0.6 is 0 Å². The third-order valence-corrected chi connectivity index (χ3v) is 5.45. The van der Waals surface area contributed by atoms with Crippen molar-refractivity contribution >= 4 is 0 Å². The summed E-state index contributed by atoms with van der Waals surface area (Å²) in [6.45, 7) is 0.845. The zero-order valence-corrected chi connectivity index (χ0v) is 13.0. The smallest absolute Gasteiger partial charge is 0.0298 e. The lowest BCUT2D eigenvalue weighted by molar-refractivity contribution is 0.243. The van der Waals surface area contributed by atoms with Crippen LogP contribution in [0.15, 0.2) is 58.8 Å². The fourth-order valence-electron chi connectivity index (χ4n) is 4.65. The second kappa shape index (κ2) is 5.93. The molecule has 0 spiro atoms. The number of hydrogen-bond acceptors (Lipinski definition) is 2. The van der Waals surface area contributed by atoms with Gasteiger partial charge >= 0.3 is 0 Å². The van der Waals surface area contributed by atoms with Gasteiger partial charge in [-0.05, 0) is 45.2 Å². The van der Waals surface area contributed by atoms with E-state index < -0.39 is 0 Å². The molecule has 5 rings (SSSR count). The maximum absolute atomic E-state index is 8.80. The molecule has 0 radical (unpaired) electrons. The summed E-state index contributed by atoms with van der Waals surface area (Å²) in [5.74, 6) is 0.681. The van der Waals surface area contributed by atoms with Crippen LogP contribution in [0.5, 0.6) is 0 Å². The van der Waals surface area contributed by atoms with Gasteiger partial charge in [0, 0.05) is 34.7 Å². The topological polar surface area (TPSA) is 97.5 Å². The monoisotopic (exact) mass is 316 g/mol. The van der Waals surface area contributed by atoms with Gasteiger partial charge in [-0.3, -0.25) is 0 Å². The van der Waals surface area contributed by atoms with Crippen molar-refractivity contribution in [3.63, 3.8) is 0 Å². The van der Waals surface area contributed by atoms with Crippen LogP contribution in [0.2, 0.25) is 0 Å². The van der Waals surface area contributed by atoms with Gasteiger partial charge < -0.3 is 0 Å². The number of azide groups is 2. The number of nitrogens with zero attached hydrogens (tertiary/aromatic N) is 6. The lowest BCUT2D eigenvalue weighted by Gasteiger charge is -2.50. The van der Waals surface area contributed by atoms with Crippen molar-refractivity contribution < 1.29 is 0 Å². The van der Waals surface area contributed by atoms with E-state index in [1.54, 1.807) is 0 Å². The molecule has 0 fully saturated rings. The SMILES string of the molecule is [N-]=[N+]=NC[C@@H]1C2c3ccccc3C(c3ccccc32)[C@H]1CN=[N+]=[N-]. The summed E-state index contributed by atoms with van der Waals surface area (Å²) in [6, 6.07) is 17.0. The molecule has 24 heavy (non-hydrogen) atoms. The Hall–Kier alpha value is -2.94. The van der Waals surface area contributed by atoms with E-state index >= 15 is 0 Å². The van der Waals surface area contributed by atoms with E-state index in [9.17, 15) is 0 Å². The van der Waals surface area contributed by atoms with E-state index in [2.05, 4.69) is 68.6 Å². The van der Waals surface area contributed by atoms with Crippen molar-refractivity contribution in [2.75, 3.05) is 13.1 Å². The van der Waals surface area contributed by atoms with Crippen LogP contribution < -0.4 is 0 Å². The maximum Gasteiger partial charge on any atom is 0.0298 e. The van der Waals surface area contributed by atoms with Crippen molar-refractivity contribution in [3.8, 4) is 0 Å². The van der Waals surface area contributed by atoms with Gasteiger partial charge in [0.2, 0.25) is 0 Å². The second-order valence-electron chi connectivity index (χ2n) is 6.37. The fraction of sp³-hybridized carbons (Fsp3) is 0.333. The van der Waals surface area contributed by atoms with Gasteiger partial charge in [-0.15, -0.1) is 0 Å². The Morgan fingerprint density at radius 2 is 1.00 bits per heavy atom. The molecule has 6 nitrogen and oxygen atoms in total. The Balaban J connectivity index is 1.93. The van der Waals surface area contributed by atoms with Gasteiger partial charge in [0.15, 0.2) is 0 Å². The highest BCUT2D eigenvalue weighted by molar-refractivity contribution is 5.56. The van der Waals surface area contributed by atoms with Crippen LogP contribution in [0.3, 0.4) is 0 Å². The summed E-state index contributed by atoms with van der Waals surface area (Å²) in [5.41, 5.74) is 22.9. The van der Waals surface area contributed by atoms with Crippen LogP contribution in [-0.2, 0) is 0 Å². The molecule has 2 bridgehead atoms. The first-order valence-corrected chi connectivity index (χ1v) is 8.06. The molecule has 3 aliphatic rings. The summed E-state index contributed by atoms with van der Waals surface area (Å²) >= 11 is 0. The lowest BCUT2D eigenvalue weighted by atomic mass is 9.54. The second-order valence-corrected chi connectivity index (χ2v) is 6.37. The molecule has 0 aromatic heterocycles. The van der Waals surface area contributed by atoms with Crippen molar-refractivity contribution in [1.29, 1.82) is 0 Å². The first kappa shape index (κ1) is 14.6. The summed E-state index contributed by atoms with van der Waals surface area (Å²) in [6.07, 6.45) is 0. The molecular formula is C18H16N6. The van der Waals surface area contributed by atoms with E-state index in [-0.39, 0.29) is 23.7 Å². The Morgan fingerprint density at radius 1 is 0.667 bits per heavy atom. The predicted molar refractivity (Wildman–Crippen MR) is 91.6 cm³/mol. The standard InChI is InChI=1S/C18H16N6/c19-23-21-9-15-16(10-22-24-20)18-12-6-2-1-5-11(12)17(15)13-7-3-4-8-14(13)18/h1-8,15-18H,9-10H2/t15-,16-,17?,18?/m0/s1. The molecule has 0 unspecified atom stereocenters. The average Bonchev–Trinajstić information content (AvgIpc) is 2.64. The van der Waals surface area contributed by atoms with E-state index in [0.717, 1.165) is 0 Å². The third-order valence-electron chi connectivity index (χ3n) is 5.45. The van der Waals surface area contributed by atoms with Crippen molar-refractivity contribution in [2.45, 2.75) is 11.8 Å². The van der Waals surface area contributed by atoms with Gasteiger partial charge in [-0.25, -0.2) is 0 Å². The fourth-order valence-corrected chi connectivity index (χ4v) is 4.65. The highest BCUT2D eigenvalue weighted by atomic mass is 15.1. The van der Waals surface area contributed by atoms with Gasteiger partial charge in [-0.1, -0.05) is 58.8 Å². The summed E-state index contributed by atoms with van der Waals surface area (Å²) in [5, 5.41) is 7.73. The van der Waals surface area contributed by atoms with E-state index in [0.29, 0.717) is 13.1 Å². The summed E-state index contributed by atoms with van der Waals surface area (Å²) in [7, 11) is 0. The first-order valence-electron chi connectivity index (χ1n) is 8.06. The van der Waals surface area contributed by atoms with Crippen LogP contribution in [0, 0.1) is 11.8 Å². The average molecular weight is 316 g/mol. The highest BCUT2D eigenvalue weighted by Crippen LogP contribution is 2.58. The largest absolute Gasteiger partial charge is 0.0936 e. The molecule has 3 aliphatic carbocycles. The van der Waals surface area contributed by atoms with E-state index in [4.69, 9.17) is 11.1 Å². The Bertz CT molecular complexity index is 759. The molecule has 0 heterocycles. The first-order chi connectivity index (χ1) is 11.9. The minimum absolute atomic E-state index is 0.154. The quantitative estimate of drug-likeness (QED) is 0.424. The highest BCUT2D eigenvalue weighted by Gasteiger charge is 2.48. The third kappa shape index (κ3) is 2.05. The molecule has 0 amide bonds. The van der Waals surface area contributed by atoms with Crippen LogP contribution in [0.1, 0.15) is 34.1 Å². The van der Waals surface area contributed by atoms with Crippen LogP contribution in [0.4, 0.5) is 0 Å². The molecule has 2 atom stereocenters. The molecule has 2 aromatic rings. The van der Waals surface area contributed by atoms with Gasteiger partial charge in [0.25, 0.3) is 0 Å². The predicted octanol–water partition coefficient (Wildman–Crippen LogP) is 5.13. The summed E-state index contributed by atoms with van der Waals surface area (Å²) in [4.78, 5) is 5.92. The molecule has 0 saturated heterocycles. The van der Waals surface area contributed by atoms with Crippen LogP contribution in [-0.4, -0.2) is 13.1 Å². The zero-order chi connectivity index (χ0) is 16.5. The molecule has 6 heteroatoms. The Kier molecular flexibility index (Phi) is 3.62. The molecule has 118 valence electrons. The van der Waals surface area contributed by atoms with Gasteiger partial charge in [0.05, 0.1) is 0 Å². The Labute approximate surface area is 139 Å². The van der Waals surface area contributed by atoms with Crippen molar-refractivity contribution in [1.82, 2.24) is 0 Å². The molecule has 2 aromatic carbocycles. The lowest BCUT2D eigenvalue weighted by Crippen LogP contribution is -2.42. The molecular weight excluding hydrogens is 300 g/mol. The van der Waals surface area contributed by atoms with Crippen LogP contribution in [0.25, 0.3) is 20.9 Å². The number of fused-ring (bicyclic) bond motifs is 1. The minimum Gasteiger partial charge on any atom is -0.0936 e. The number of rotatable bonds is 4. The number of benzene rings is 2. The van der Waals surface area contributed by atoms with Gasteiger partial charge in [-0.2, -0.15) is 0 Å². The zero-order valence-electron chi connectivity index (χ0n) is 13.0. The molecule has 0 aliphatic heterocycles. The molecule has 0 saturated carbocycles.